The molecule has 1 aromatic heterocycles. The number of nitrogens with zero attached hydrogens (tertiary/aromatic N) is 3. The van der Waals surface area contributed by atoms with Crippen LogP contribution in [0.5, 0.6) is 0 Å². The van der Waals surface area contributed by atoms with Gasteiger partial charge in [-0.25, -0.2) is 0 Å². The predicted octanol–water partition coefficient (Wildman–Crippen LogP) is 5.63. The lowest BCUT2D eigenvalue weighted by molar-refractivity contribution is 0.175. The highest BCUT2D eigenvalue weighted by Crippen LogP contribution is 2.41. The number of benzene rings is 2. The number of hydrogen-bond acceptors (Lipinski definition) is 5. The highest BCUT2D eigenvalue weighted by Gasteiger charge is 2.39. The van der Waals surface area contributed by atoms with Crippen molar-refractivity contribution in [2.24, 2.45) is 11.8 Å². The highest BCUT2D eigenvalue weighted by atomic mass is 15.1. The van der Waals surface area contributed by atoms with E-state index in [0.29, 0.717) is 6.04 Å². The van der Waals surface area contributed by atoms with Crippen molar-refractivity contribution >= 4 is 0 Å². The fourth-order valence-electron chi connectivity index (χ4n) is 7.09. The third-order valence-electron chi connectivity index (χ3n) is 10.2. The number of likely N-dealkylation sites (tertiary alicyclic amines) is 2. The maximum absolute atomic E-state index is 4.03. The molecule has 3 N–H and O–H groups in total. The number of aromatic nitrogens is 2. The van der Waals surface area contributed by atoms with Crippen LogP contribution in [0, 0.1) is 11.8 Å². The monoisotopic (exact) mass is 568 g/mol. The molecule has 0 bridgehead atoms. The van der Waals surface area contributed by atoms with E-state index in [0.717, 1.165) is 36.3 Å². The minimum Gasteiger partial charge on any atom is -0.313 e. The zero-order valence-electron chi connectivity index (χ0n) is 25.6. The largest absolute Gasteiger partial charge is 0.313 e. The quantitative estimate of drug-likeness (QED) is 0.280. The molecule has 2 aliphatic carbocycles. The summed E-state index contributed by atoms with van der Waals surface area (Å²) in [4.78, 5) is 5.12. The molecule has 2 aromatic carbocycles. The molecule has 4 fully saturated rings. The van der Waals surface area contributed by atoms with E-state index in [9.17, 15) is 0 Å². The van der Waals surface area contributed by atoms with Crippen LogP contribution in [0.3, 0.4) is 0 Å². The molecule has 6 heteroatoms. The number of rotatable bonds is 11. The first-order chi connectivity index (χ1) is 20.7. The average molecular weight is 569 g/mol. The van der Waals surface area contributed by atoms with Gasteiger partial charge in [0, 0.05) is 42.2 Å². The first kappa shape index (κ1) is 29.6. The van der Waals surface area contributed by atoms with E-state index in [2.05, 4.69) is 98.2 Å². The average Bonchev–Trinajstić information content (AvgIpc) is 3.96. The molecule has 3 heterocycles. The Bertz CT molecular complexity index is 1150. The SMILES string of the molecule is CCN1CCC(CNC2CC2c2ccccc2)CC1.c1ccc(C2CC2NCC2CCN(Cc3cn[nH]c3)CC2)cc1. The first-order valence-electron chi connectivity index (χ1n) is 16.7. The molecule has 0 radical (unpaired) electrons. The van der Waals surface area contributed by atoms with E-state index >= 15 is 0 Å². The molecule has 2 aliphatic heterocycles. The van der Waals surface area contributed by atoms with E-state index in [1.807, 2.05) is 12.4 Å². The topological polar surface area (TPSA) is 59.2 Å². The van der Waals surface area contributed by atoms with Gasteiger partial charge in [-0.15, -0.1) is 0 Å². The van der Waals surface area contributed by atoms with Gasteiger partial charge in [-0.2, -0.15) is 5.10 Å². The third kappa shape index (κ3) is 8.53. The lowest BCUT2D eigenvalue weighted by Crippen LogP contribution is -2.37. The van der Waals surface area contributed by atoms with Gasteiger partial charge < -0.3 is 15.5 Å². The zero-order valence-corrected chi connectivity index (χ0v) is 25.6. The minimum absolute atomic E-state index is 0.710. The molecule has 6 nitrogen and oxygen atoms in total. The normalized spacial score (nSPS) is 26.9. The Morgan fingerprint density at radius 3 is 1.67 bits per heavy atom. The van der Waals surface area contributed by atoms with Crippen LogP contribution in [0.2, 0.25) is 0 Å². The van der Waals surface area contributed by atoms with Crippen molar-refractivity contribution in [1.29, 1.82) is 0 Å². The van der Waals surface area contributed by atoms with Crippen LogP contribution in [-0.4, -0.2) is 77.9 Å². The summed E-state index contributed by atoms with van der Waals surface area (Å²) in [7, 11) is 0. The molecule has 226 valence electrons. The summed E-state index contributed by atoms with van der Waals surface area (Å²) in [6, 6.07) is 23.4. The number of piperidine rings is 2. The second kappa shape index (κ2) is 14.8. The molecule has 0 spiro atoms. The van der Waals surface area contributed by atoms with Crippen molar-refractivity contribution in [2.75, 3.05) is 45.8 Å². The molecule has 2 saturated carbocycles. The van der Waals surface area contributed by atoms with Crippen LogP contribution in [0.4, 0.5) is 0 Å². The number of aromatic amines is 1. The molecule has 0 amide bonds. The molecular weight excluding hydrogens is 516 g/mol. The summed E-state index contributed by atoms with van der Waals surface area (Å²) in [6.07, 6.45) is 12.0. The number of nitrogens with one attached hydrogen (secondary N) is 3. The standard InChI is InChI=1S/C19H26N4.C17H26N2/c1-2-4-17(5-3-1)18-10-19(18)20-11-15-6-8-23(9-7-15)14-16-12-21-22-13-16;1-2-19-10-8-14(9-11-19)13-18-17-12-16(17)15-6-4-3-5-7-15/h1-5,12-13,15,18-20H,6-11,14H2,(H,21,22);3-7,14,16-18H,2,8-13H2,1H3. The van der Waals surface area contributed by atoms with E-state index in [1.54, 1.807) is 0 Å². The molecule has 4 atom stereocenters. The van der Waals surface area contributed by atoms with Crippen molar-refractivity contribution in [3.63, 3.8) is 0 Å². The molecule has 2 saturated heterocycles. The third-order valence-corrected chi connectivity index (χ3v) is 10.2. The first-order valence-corrected chi connectivity index (χ1v) is 16.7. The summed E-state index contributed by atoms with van der Waals surface area (Å²) in [5, 5.41) is 14.5. The Labute approximate surface area is 253 Å². The van der Waals surface area contributed by atoms with Gasteiger partial charge in [0.25, 0.3) is 0 Å². The van der Waals surface area contributed by atoms with Gasteiger partial charge in [0.2, 0.25) is 0 Å². The second-order valence-corrected chi connectivity index (χ2v) is 13.2. The fraction of sp³-hybridized carbons (Fsp3) is 0.583. The summed E-state index contributed by atoms with van der Waals surface area (Å²) < 4.78 is 0. The Morgan fingerprint density at radius 2 is 1.21 bits per heavy atom. The lowest BCUT2D eigenvalue weighted by Gasteiger charge is -2.31. The lowest BCUT2D eigenvalue weighted by atomic mass is 9.96. The summed E-state index contributed by atoms with van der Waals surface area (Å²) in [5.74, 6) is 3.27. The van der Waals surface area contributed by atoms with Crippen LogP contribution in [0.25, 0.3) is 0 Å². The Morgan fingerprint density at radius 1 is 0.714 bits per heavy atom. The van der Waals surface area contributed by atoms with Crippen LogP contribution in [0.1, 0.15) is 74.0 Å². The maximum atomic E-state index is 4.03. The smallest absolute Gasteiger partial charge is 0.0532 e. The highest BCUT2D eigenvalue weighted by molar-refractivity contribution is 5.28. The van der Waals surface area contributed by atoms with Crippen molar-refractivity contribution < 1.29 is 0 Å². The molecule has 42 heavy (non-hydrogen) atoms. The Hall–Kier alpha value is -2.51. The minimum atomic E-state index is 0.710. The van der Waals surface area contributed by atoms with Gasteiger partial charge in [-0.05, 0) is 107 Å². The summed E-state index contributed by atoms with van der Waals surface area (Å²) >= 11 is 0. The van der Waals surface area contributed by atoms with Gasteiger partial charge in [-0.1, -0.05) is 67.6 Å². The van der Waals surface area contributed by atoms with E-state index in [1.165, 1.54) is 101 Å². The fourth-order valence-corrected chi connectivity index (χ4v) is 7.09. The molecule has 7 rings (SSSR count). The predicted molar refractivity (Wildman–Crippen MR) is 173 cm³/mol. The van der Waals surface area contributed by atoms with Crippen molar-refractivity contribution in [3.05, 3.63) is 89.7 Å². The molecular formula is C36H52N6. The molecule has 3 aromatic rings. The van der Waals surface area contributed by atoms with E-state index in [4.69, 9.17) is 0 Å². The van der Waals surface area contributed by atoms with Gasteiger partial charge >= 0.3 is 0 Å². The summed E-state index contributed by atoms with van der Waals surface area (Å²) in [6.45, 7) is 12.0. The van der Waals surface area contributed by atoms with Crippen LogP contribution < -0.4 is 10.6 Å². The summed E-state index contributed by atoms with van der Waals surface area (Å²) in [5.41, 5.74) is 4.31. The van der Waals surface area contributed by atoms with E-state index < -0.39 is 0 Å². The van der Waals surface area contributed by atoms with Gasteiger partial charge in [0.1, 0.15) is 0 Å². The van der Waals surface area contributed by atoms with Crippen molar-refractivity contribution in [3.8, 4) is 0 Å². The number of hydrogen-bond donors (Lipinski definition) is 3. The second-order valence-electron chi connectivity index (χ2n) is 13.2. The van der Waals surface area contributed by atoms with Gasteiger partial charge in [0.05, 0.1) is 6.20 Å². The maximum Gasteiger partial charge on any atom is 0.0532 e. The van der Waals surface area contributed by atoms with Crippen molar-refractivity contribution in [1.82, 2.24) is 30.6 Å². The number of H-pyrrole nitrogens is 1. The van der Waals surface area contributed by atoms with Gasteiger partial charge in [-0.3, -0.25) is 10.00 Å². The van der Waals surface area contributed by atoms with Crippen LogP contribution in [0.15, 0.2) is 73.1 Å². The van der Waals surface area contributed by atoms with E-state index in [-0.39, 0.29) is 0 Å². The van der Waals surface area contributed by atoms with Crippen molar-refractivity contribution in [2.45, 2.75) is 75.9 Å². The molecule has 4 aliphatic rings. The van der Waals surface area contributed by atoms with Gasteiger partial charge in [0.15, 0.2) is 0 Å². The Balaban J connectivity index is 0.000000153. The zero-order chi connectivity index (χ0) is 28.6. The van der Waals surface area contributed by atoms with Crippen LogP contribution >= 0.6 is 0 Å². The Kier molecular flexibility index (Phi) is 10.4. The van der Waals surface area contributed by atoms with Crippen LogP contribution in [-0.2, 0) is 6.54 Å². The molecule has 4 unspecified atom stereocenters.